The van der Waals surface area contributed by atoms with Gasteiger partial charge < -0.3 is 10.4 Å². The Labute approximate surface area is 176 Å². The van der Waals surface area contributed by atoms with Crippen LogP contribution in [0, 0.1) is 5.92 Å². The lowest BCUT2D eigenvalue weighted by atomic mass is 10.1. The highest BCUT2D eigenvalue weighted by Gasteiger charge is 2.27. The van der Waals surface area contributed by atoms with Crippen LogP contribution < -0.4 is 5.32 Å². The number of hydrogen-bond donors (Lipinski definition) is 2. The van der Waals surface area contributed by atoms with Gasteiger partial charge in [0, 0.05) is 13.0 Å². The minimum atomic E-state index is -4.11. The molecule has 0 heterocycles. The van der Waals surface area contributed by atoms with E-state index in [1.165, 1.54) is 18.2 Å². The second kappa shape index (κ2) is 11.0. The zero-order chi connectivity index (χ0) is 22.2. The zero-order valence-corrected chi connectivity index (χ0v) is 17.8. The van der Waals surface area contributed by atoms with Gasteiger partial charge in [-0.25, -0.2) is 13.2 Å². The summed E-state index contributed by atoms with van der Waals surface area (Å²) < 4.78 is 62.2. The largest absolute Gasteiger partial charge is 0.478 e. The van der Waals surface area contributed by atoms with Crippen LogP contribution in [-0.2, 0) is 9.84 Å². The maximum atomic E-state index is 12.9. The molecule has 1 aromatic rings. The van der Waals surface area contributed by atoms with Gasteiger partial charge in [0.25, 0.3) is 0 Å². The lowest BCUT2D eigenvalue weighted by Crippen LogP contribution is -2.17. The number of benzene rings is 1. The number of rotatable bonds is 12. The minimum absolute atomic E-state index is 0.0134. The molecule has 2 N–H and O–H groups in total. The molecular weight excluding hydrogens is 419 g/mol. The number of hydrogen-bond acceptors (Lipinski definition) is 4. The Morgan fingerprint density at radius 2 is 1.70 bits per heavy atom. The molecule has 1 aliphatic carbocycles. The Bertz CT molecular complexity index is 803. The first-order chi connectivity index (χ1) is 14.1. The Morgan fingerprint density at radius 3 is 2.33 bits per heavy atom. The molecule has 1 aliphatic rings. The molecule has 0 aromatic heterocycles. The Kier molecular flexibility index (Phi) is 9.00. The van der Waals surface area contributed by atoms with E-state index in [1.54, 1.807) is 0 Å². The van der Waals surface area contributed by atoms with E-state index < -0.39 is 28.4 Å². The van der Waals surface area contributed by atoms with E-state index in [9.17, 15) is 31.5 Å². The average Bonchev–Trinajstić information content (AvgIpc) is 3.15. The number of nitrogens with one attached hydrogen (secondary N) is 1. The smallest absolute Gasteiger partial charge is 0.389 e. The van der Waals surface area contributed by atoms with Crippen LogP contribution in [0.2, 0.25) is 0 Å². The van der Waals surface area contributed by atoms with Gasteiger partial charge in [0.1, 0.15) is 0 Å². The Hall–Kier alpha value is -1.77. The SMILES string of the molecule is O=C(O)c1ccc(NCCCCCCCC(F)(F)F)c(S(=O)(=O)CC2CCCC2)c1. The van der Waals surface area contributed by atoms with Gasteiger partial charge in [-0.05, 0) is 49.8 Å². The standard InChI is InChI=1S/C21H30F3NO4S/c22-21(23,24)12-6-2-1-3-7-13-25-18-11-10-17(20(26)27)14-19(18)30(28,29)15-16-8-4-5-9-16/h10-11,14,16,25H,1-9,12-13,15H2,(H,26,27). The van der Waals surface area contributed by atoms with Crippen LogP contribution in [0.5, 0.6) is 0 Å². The molecule has 2 rings (SSSR count). The predicted molar refractivity (Wildman–Crippen MR) is 110 cm³/mol. The molecule has 0 radical (unpaired) electrons. The number of sulfone groups is 1. The topological polar surface area (TPSA) is 83.5 Å². The summed E-state index contributed by atoms with van der Waals surface area (Å²) in [5.41, 5.74) is 0.310. The maximum absolute atomic E-state index is 12.9. The highest BCUT2D eigenvalue weighted by atomic mass is 32.2. The van der Waals surface area contributed by atoms with Crippen molar-refractivity contribution in [3.05, 3.63) is 23.8 Å². The normalized spacial score (nSPS) is 15.4. The van der Waals surface area contributed by atoms with Crippen LogP contribution in [0.25, 0.3) is 0 Å². The number of halogens is 3. The molecule has 1 saturated carbocycles. The summed E-state index contributed by atoms with van der Waals surface area (Å²) in [5.74, 6) is -1.06. The second-order valence-electron chi connectivity index (χ2n) is 8.01. The summed E-state index contributed by atoms with van der Waals surface area (Å²) in [5, 5.41) is 12.3. The van der Waals surface area contributed by atoms with Crippen molar-refractivity contribution in [3.63, 3.8) is 0 Å². The fraction of sp³-hybridized carbons (Fsp3) is 0.667. The third-order valence-corrected chi connectivity index (χ3v) is 7.36. The van der Waals surface area contributed by atoms with Gasteiger partial charge in [-0.1, -0.05) is 32.1 Å². The van der Waals surface area contributed by atoms with E-state index in [0.29, 0.717) is 31.5 Å². The van der Waals surface area contributed by atoms with Gasteiger partial charge in [-0.15, -0.1) is 0 Å². The first-order valence-electron chi connectivity index (χ1n) is 10.5. The van der Waals surface area contributed by atoms with Crippen molar-refractivity contribution in [2.45, 2.75) is 75.3 Å². The summed E-state index contributed by atoms with van der Waals surface area (Å²) in [6.07, 6.45) is 1.65. The van der Waals surface area contributed by atoms with Crippen molar-refractivity contribution in [1.82, 2.24) is 0 Å². The minimum Gasteiger partial charge on any atom is -0.478 e. The fourth-order valence-electron chi connectivity index (χ4n) is 3.84. The molecule has 9 heteroatoms. The fourth-order valence-corrected chi connectivity index (χ4v) is 5.75. The third-order valence-electron chi connectivity index (χ3n) is 5.45. The molecule has 0 unspecified atom stereocenters. The van der Waals surface area contributed by atoms with Gasteiger partial charge in [0.15, 0.2) is 9.84 Å². The first-order valence-corrected chi connectivity index (χ1v) is 12.1. The van der Waals surface area contributed by atoms with Crippen molar-refractivity contribution in [2.75, 3.05) is 17.6 Å². The summed E-state index contributed by atoms with van der Waals surface area (Å²) in [6.45, 7) is 0.470. The van der Waals surface area contributed by atoms with E-state index in [1.807, 2.05) is 0 Å². The number of carboxylic acids is 1. The van der Waals surface area contributed by atoms with Crippen LogP contribution in [0.15, 0.2) is 23.1 Å². The molecule has 0 atom stereocenters. The molecule has 0 amide bonds. The van der Waals surface area contributed by atoms with Crippen molar-refractivity contribution in [2.24, 2.45) is 5.92 Å². The van der Waals surface area contributed by atoms with Crippen molar-refractivity contribution < 1.29 is 31.5 Å². The van der Waals surface area contributed by atoms with Crippen LogP contribution in [0.3, 0.4) is 0 Å². The van der Waals surface area contributed by atoms with Gasteiger partial charge >= 0.3 is 12.1 Å². The van der Waals surface area contributed by atoms with E-state index in [2.05, 4.69) is 5.32 Å². The summed E-state index contributed by atoms with van der Waals surface area (Å²) in [4.78, 5) is 11.3. The number of anilines is 1. The molecule has 1 aromatic carbocycles. The van der Waals surface area contributed by atoms with E-state index in [-0.39, 0.29) is 28.6 Å². The lowest BCUT2D eigenvalue weighted by molar-refractivity contribution is -0.135. The van der Waals surface area contributed by atoms with Gasteiger partial charge in [0.05, 0.1) is 21.9 Å². The van der Waals surface area contributed by atoms with Crippen molar-refractivity contribution in [1.29, 1.82) is 0 Å². The summed E-state index contributed by atoms with van der Waals surface area (Å²) >= 11 is 0. The van der Waals surface area contributed by atoms with Gasteiger partial charge in [-0.2, -0.15) is 13.2 Å². The van der Waals surface area contributed by atoms with Crippen molar-refractivity contribution in [3.8, 4) is 0 Å². The van der Waals surface area contributed by atoms with Gasteiger partial charge in [-0.3, -0.25) is 0 Å². The monoisotopic (exact) mass is 449 g/mol. The average molecular weight is 450 g/mol. The molecule has 5 nitrogen and oxygen atoms in total. The molecule has 1 fully saturated rings. The zero-order valence-electron chi connectivity index (χ0n) is 17.0. The first kappa shape index (κ1) is 24.5. The number of aromatic carboxylic acids is 1. The van der Waals surface area contributed by atoms with Crippen molar-refractivity contribution >= 4 is 21.5 Å². The van der Waals surface area contributed by atoms with Crippen LogP contribution in [0.4, 0.5) is 18.9 Å². The molecular formula is C21H30F3NO4S. The number of unbranched alkanes of at least 4 members (excludes halogenated alkanes) is 4. The lowest BCUT2D eigenvalue weighted by Gasteiger charge is -2.16. The predicted octanol–water partition coefficient (Wildman–Crippen LogP) is 5.66. The molecule has 0 saturated heterocycles. The molecule has 0 spiro atoms. The quantitative estimate of drug-likeness (QED) is 0.402. The molecule has 0 aliphatic heterocycles. The third kappa shape index (κ3) is 8.16. The van der Waals surface area contributed by atoms with E-state index in [4.69, 9.17) is 0 Å². The van der Waals surface area contributed by atoms with Gasteiger partial charge in [0.2, 0.25) is 0 Å². The van der Waals surface area contributed by atoms with Crippen LogP contribution in [-0.4, -0.2) is 38.0 Å². The molecule has 0 bridgehead atoms. The highest BCUT2D eigenvalue weighted by molar-refractivity contribution is 7.91. The number of carboxylic acid groups (broad SMARTS) is 1. The Balaban J connectivity index is 1.92. The van der Waals surface area contributed by atoms with Crippen LogP contribution >= 0.6 is 0 Å². The van der Waals surface area contributed by atoms with E-state index in [0.717, 1.165) is 32.1 Å². The number of alkyl halides is 3. The molecule has 170 valence electrons. The van der Waals surface area contributed by atoms with Crippen LogP contribution in [0.1, 0.15) is 74.6 Å². The maximum Gasteiger partial charge on any atom is 0.389 e. The summed E-state index contributed by atoms with van der Waals surface area (Å²) in [6, 6.07) is 4.07. The molecule has 30 heavy (non-hydrogen) atoms. The van der Waals surface area contributed by atoms with E-state index >= 15 is 0 Å². The number of carbonyl (C=O) groups is 1. The summed E-state index contributed by atoms with van der Waals surface area (Å²) in [7, 11) is -3.63. The highest BCUT2D eigenvalue weighted by Crippen LogP contribution is 2.31. The second-order valence-corrected chi connectivity index (χ2v) is 10.0. The Morgan fingerprint density at radius 1 is 1.07 bits per heavy atom.